The molecule has 0 bridgehead atoms. The zero-order valence-corrected chi connectivity index (χ0v) is 16.1. The Hall–Kier alpha value is -3.48. The number of benzene rings is 3. The van der Waals surface area contributed by atoms with Crippen LogP contribution in [-0.4, -0.2) is 30.4 Å². The fourth-order valence-electron chi connectivity index (χ4n) is 3.04. The summed E-state index contributed by atoms with van der Waals surface area (Å²) in [4.78, 5) is 25.9. The van der Waals surface area contributed by atoms with E-state index in [0.29, 0.717) is 5.69 Å². The van der Waals surface area contributed by atoms with Crippen LogP contribution in [0.25, 0.3) is 10.8 Å². The van der Waals surface area contributed by atoms with Crippen molar-refractivity contribution in [3.05, 3.63) is 77.9 Å². The minimum Gasteiger partial charge on any atom is -0.331 e. The van der Waals surface area contributed by atoms with Gasteiger partial charge in [0.05, 0.1) is 6.04 Å². The molecule has 7 heteroatoms. The standard InChI is InChI=1S/C22H21F2N3O2/c1-14(17-11-10-16(23)12-19(17)24)25-22(29)27(2)13-21(28)26-20-9-5-7-15-6-3-4-8-18(15)20/h3-12,14H,13H2,1-2H3,(H,25,29)(H,26,28). The minimum absolute atomic E-state index is 0.161. The van der Waals surface area contributed by atoms with Crippen LogP contribution in [0.4, 0.5) is 19.3 Å². The molecule has 29 heavy (non-hydrogen) atoms. The average molecular weight is 397 g/mol. The van der Waals surface area contributed by atoms with Gasteiger partial charge in [-0.25, -0.2) is 13.6 Å². The number of hydrogen-bond acceptors (Lipinski definition) is 2. The number of hydrogen-bond donors (Lipinski definition) is 2. The number of nitrogens with zero attached hydrogens (tertiary/aromatic N) is 1. The second-order valence-corrected chi connectivity index (χ2v) is 6.77. The Morgan fingerprint density at radius 3 is 2.52 bits per heavy atom. The lowest BCUT2D eigenvalue weighted by Crippen LogP contribution is -2.42. The van der Waals surface area contributed by atoms with Gasteiger partial charge in [0.2, 0.25) is 5.91 Å². The molecule has 0 aromatic heterocycles. The predicted octanol–water partition coefficient (Wildman–Crippen LogP) is 4.46. The Labute approximate surface area is 167 Å². The van der Waals surface area contributed by atoms with Gasteiger partial charge in [-0.15, -0.1) is 0 Å². The molecule has 0 radical (unpaired) electrons. The van der Waals surface area contributed by atoms with Crippen LogP contribution in [-0.2, 0) is 4.79 Å². The molecule has 0 spiro atoms. The second-order valence-electron chi connectivity index (χ2n) is 6.77. The molecule has 0 aliphatic rings. The smallest absolute Gasteiger partial charge is 0.318 e. The van der Waals surface area contributed by atoms with Crippen molar-refractivity contribution in [2.24, 2.45) is 0 Å². The third kappa shape index (κ3) is 4.87. The van der Waals surface area contributed by atoms with Crippen molar-refractivity contribution in [1.29, 1.82) is 0 Å². The molecule has 2 N–H and O–H groups in total. The quantitative estimate of drug-likeness (QED) is 0.668. The van der Waals surface area contributed by atoms with Gasteiger partial charge in [-0.05, 0) is 24.4 Å². The third-order valence-electron chi connectivity index (χ3n) is 4.56. The first kappa shape index (κ1) is 20.3. The number of likely N-dealkylation sites (N-methyl/N-ethyl adjacent to an activating group) is 1. The topological polar surface area (TPSA) is 61.4 Å². The van der Waals surface area contributed by atoms with E-state index >= 15 is 0 Å². The third-order valence-corrected chi connectivity index (χ3v) is 4.56. The average Bonchev–Trinajstić information content (AvgIpc) is 2.68. The van der Waals surface area contributed by atoms with E-state index in [-0.39, 0.29) is 18.0 Å². The lowest BCUT2D eigenvalue weighted by Gasteiger charge is -2.21. The van der Waals surface area contributed by atoms with E-state index in [2.05, 4.69) is 10.6 Å². The number of anilines is 1. The Kier molecular flexibility index (Phi) is 6.07. The molecule has 0 saturated heterocycles. The molecule has 3 aromatic carbocycles. The second kappa shape index (κ2) is 8.68. The van der Waals surface area contributed by atoms with Crippen molar-refractivity contribution >= 4 is 28.4 Å². The first-order valence-corrected chi connectivity index (χ1v) is 9.09. The Balaban J connectivity index is 1.60. The number of amides is 3. The van der Waals surface area contributed by atoms with Crippen molar-refractivity contribution in [3.8, 4) is 0 Å². The molecular formula is C22H21F2N3O2. The molecule has 1 atom stereocenters. The van der Waals surface area contributed by atoms with Crippen LogP contribution >= 0.6 is 0 Å². The van der Waals surface area contributed by atoms with Gasteiger partial charge in [-0.3, -0.25) is 4.79 Å². The van der Waals surface area contributed by atoms with Crippen LogP contribution in [0.1, 0.15) is 18.5 Å². The normalized spacial score (nSPS) is 11.7. The van der Waals surface area contributed by atoms with Gasteiger partial charge in [-0.2, -0.15) is 0 Å². The van der Waals surface area contributed by atoms with Gasteiger partial charge < -0.3 is 15.5 Å². The number of halogens is 2. The predicted molar refractivity (Wildman–Crippen MR) is 109 cm³/mol. The fourth-order valence-corrected chi connectivity index (χ4v) is 3.04. The van der Waals surface area contributed by atoms with Crippen molar-refractivity contribution in [3.63, 3.8) is 0 Å². The van der Waals surface area contributed by atoms with E-state index < -0.39 is 23.7 Å². The highest BCUT2D eigenvalue weighted by Gasteiger charge is 2.18. The Morgan fingerprint density at radius 2 is 1.76 bits per heavy atom. The maximum Gasteiger partial charge on any atom is 0.318 e. The largest absolute Gasteiger partial charge is 0.331 e. The SMILES string of the molecule is CC(NC(=O)N(C)CC(=O)Nc1cccc2ccccc12)c1ccc(F)cc1F. The summed E-state index contributed by atoms with van der Waals surface area (Å²) >= 11 is 0. The molecule has 0 aliphatic carbocycles. The number of carbonyl (C=O) groups excluding carboxylic acids is 2. The van der Waals surface area contributed by atoms with Crippen LogP contribution in [0.3, 0.4) is 0 Å². The van der Waals surface area contributed by atoms with Crippen LogP contribution in [0.5, 0.6) is 0 Å². The molecule has 3 rings (SSSR count). The summed E-state index contributed by atoms with van der Waals surface area (Å²) in [5.41, 5.74) is 0.817. The molecule has 3 amide bonds. The monoisotopic (exact) mass is 397 g/mol. The molecule has 0 saturated carbocycles. The van der Waals surface area contributed by atoms with Gasteiger partial charge in [0, 0.05) is 29.8 Å². The number of fused-ring (bicyclic) bond motifs is 1. The summed E-state index contributed by atoms with van der Waals surface area (Å²) < 4.78 is 26.9. The zero-order chi connectivity index (χ0) is 21.0. The summed E-state index contributed by atoms with van der Waals surface area (Å²) in [6.45, 7) is 1.39. The summed E-state index contributed by atoms with van der Waals surface area (Å²) in [5.74, 6) is -1.79. The lowest BCUT2D eigenvalue weighted by atomic mass is 10.1. The molecular weight excluding hydrogens is 376 g/mol. The molecule has 1 unspecified atom stereocenters. The van der Waals surface area contributed by atoms with Crippen molar-refractivity contribution < 1.29 is 18.4 Å². The Bertz CT molecular complexity index is 1050. The van der Waals surface area contributed by atoms with Crippen molar-refractivity contribution in [1.82, 2.24) is 10.2 Å². The summed E-state index contributed by atoms with van der Waals surface area (Å²) in [5, 5.41) is 7.30. The molecule has 0 heterocycles. The fraction of sp³-hybridized carbons (Fsp3) is 0.182. The van der Waals surface area contributed by atoms with Gasteiger partial charge in [0.1, 0.15) is 18.2 Å². The lowest BCUT2D eigenvalue weighted by molar-refractivity contribution is -0.116. The molecule has 5 nitrogen and oxygen atoms in total. The van der Waals surface area contributed by atoms with E-state index in [0.717, 1.165) is 22.9 Å². The first-order valence-electron chi connectivity index (χ1n) is 9.09. The van der Waals surface area contributed by atoms with E-state index in [9.17, 15) is 18.4 Å². The molecule has 3 aromatic rings. The minimum atomic E-state index is -0.742. The van der Waals surface area contributed by atoms with Gasteiger partial charge in [0.15, 0.2) is 0 Å². The van der Waals surface area contributed by atoms with Crippen LogP contribution < -0.4 is 10.6 Å². The number of nitrogens with one attached hydrogen (secondary N) is 2. The summed E-state index contributed by atoms with van der Waals surface area (Å²) in [6, 6.07) is 15.2. The van der Waals surface area contributed by atoms with Gasteiger partial charge in [-0.1, -0.05) is 42.5 Å². The first-order chi connectivity index (χ1) is 13.8. The maximum atomic E-state index is 13.9. The van der Waals surface area contributed by atoms with Gasteiger partial charge >= 0.3 is 6.03 Å². The molecule has 0 fully saturated rings. The maximum absolute atomic E-state index is 13.9. The number of carbonyl (C=O) groups is 2. The summed E-state index contributed by atoms with van der Waals surface area (Å²) in [7, 11) is 1.46. The molecule has 150 valence electrons. The summed E-state index contributed by atoms with van der Waals surface area (Å²) in [6.07, 6.45) is 0. The van der Waals surface area contributed by atoms with Crippen LogP contribution in [0.2, 0.25) is 0 Å². The van der Waals surface area contributed by atoms with Crippen molar-refractivity contribution in [2.75, 3.05) is 18.9 Å². The highest BCUT2D eigenvalue weighted by Crippen LogP contribution is 2.23. The van der Waals surface area contributed by atoms with Crippen LogP contribution in [0.15, 0.2) is 60.7 Å². The van der Waals surface area contributed by atoms with Crippen LogP contribution in [0, 0.1) is 11.6 Å². The Morgan fingerprint density at radius 1 is 1.03 bits per heavy atom. The van der Waals surface area contributed by atoms with Gasteiger partial charge in [0.25, 0.3) is 0 Å². The van der Waals surface area contributed by atoms with E-state index in [4.69, 9.17) is 0 Å². The van der Waals surface area contributed by atoms with E-state index in [1.807, 2.05) is 36.4 Å². The van der Waals surface area contributed by atoms with E-state index in [1.165, 1.54) is 18.0 Å². The highest BCUT2D eigenvalue weighted by molar-refractivity contribution is 6.03. The van der Waals surface area contributed by atoms with E-state index in [1.54, 1.807) is 13.0 Å². The number of urea groups is 1. The molecule has 0 aliphatic heterocycles. The zero-order valence-electron chi connectivity index (χ0n) is 16.1. The number of rotatable bonds is 5. The van der Waals surface area contributed by atoms with Crippen molar-refractivity contribution in [2.45, 2.75) is 13.0 Å². The highest BCUT2D eigenvalue weighted by atomic mass is 19.1.